The maximum Gasteiger partial charge on any atom is 0.335 e. The normalized spacial score (nSPS) is 18.2. The van der Waals surface area contributed by atoms with Gasteiger partial charge in [-0.15, -0.1) is 0 Å². The summed E-state index contributed by atoms with van der Waals surface area (Å²) in [7, 11) is 0. The number of rotatable bonds is 6. The fraction of sp³-hybridized carbons (Fsp3) is 0.233. The molecule has 5 rings (SSSR count). The van der Waals surface area contributed by atoms with Crippen LogP contribution in [0.15, 0.2) is 84.9 Å². The highest BCUT2D eigenvalue weighted by molar-refractivity contribution is 5.88. The summed E-state index contributed by atoms with van der Waals surface area (Å²) in [6.45, 7) is 4.92. The standard InChI is InChI=1S/C30H29NO3/c1-19-16-22(30(32)33)14-15-24(19)28-17-23(34-29-13-6-5-11-27(28)29)18-31-20(2)25-12-7-9-21-8-3-4-10-26(21)25/h3-16,20,23,28,31H,17-18H2,1-2H3,(H,32,33). The molecule has 0 aliphatic carbocycles. The number of aryl methyl sites for hydroxylation is 1. The first-order valence-corrected chi connectivity index (χ1v) is 11.8. The lowest BCUT2D eigenvalue weighted by Crippen LogP contribution is -2.37. The zero-order valence-corrected chi connectivity index (χ0v) is 19.5. The molecule has 0 bridgehead atoms. The summed E-state index contributed by atoms with van der Waals surface area (Å²) in [5.41, 5.74) is 4.92. The zero-order valence-electron chi connectivity index (χ0n) is 19.5. The van der Waals surface area contributed by atoms with Crippen LogP contribution in [-0.4, -0.2) is 23.7 Å². The maximum atomic E-state index is 11.4. The van der Waals surface area contributed by atoms with Crippen LogP contribution in [-0.2, 0) is 0 Å². The van der Waals surface area contributed by atoms with E-state index in [1.165, 1.54) is 16.3 Å². The fourth-order valence-corrected chi connectivity index (χ4v) is 5.16. The molecule has 2 N–H and O–H groups in total. The highest BCUT2D eigenvalue weighted by Gasteiger charge is 2.30. The monoisotopic (exact) mass is 451 g/mol. The van der Waals surface area contributed by atoms with Crippen LogP contribution in [0.3, 0.4) is 0 Å². The average Bonchev–Trinajstić information content (AvgIpc) is 2.86. The highest BCUT2D eigenvalue weighted by Crippen LogP contribution is 2.41. The van der Waals surface area contributed by atoms with Crippen molar-refractivity contribution in [2.24, 2.45) is 0 Å². The number of nitrogens with one attached hydrogen (secondary N) is 1. The number of carboxylic acid groups (broad SMARTS) is 1. The van der Waals surface area contributed by atoms with Gasteiger partial charge in [0.1, 0.15) is 11.9 Å². The number of hydrogen-bond acceptors (Lipinski definition) is 3. The molecule has 4 heteroatoms. The number of ether oxygens (including phenoxy) is 1. The van der Waals surface area contributed by atoms with Crippen molar-refractivity contribution in [3.63, 3.8) is 0 Å². The molecule has 0 spiro atoms. The molecule has 0 radical (unpaired) electrons. The van der Waals surface area contributed by atoms with Crippen molar-refractivity contribution >= 4 is 16.7 Å². The molecule has 1 aliphatic rings. The van der Waals surface area contributed by atoms with Gasteiger partial charge in [0.25, 0.3) is 0 Å². The minimum Gasteiger partial charge on any atom is -0.489 e. The van der Waals surface area contributed by atoms with Gasteiger partial charge in [0.15, 0.2) is 0 Å². The average molecular weight is 452 g/mol. The number of para-hydroxylation sites is 1. The lowest BCUT2D eigenvalue weighted by molar-refractivity contribution is 0.0696. The Morgan fingerprint density at radius 1 is 1.00 bits per heavy atom. The van der Waals surface area contributed by atoms with Crippen molar-refractivity contribution in [1.29, 1.82) is 0 Å². The van der Waals surface area contributed by atoms with Crippen LogP contribution in [0.25, 0.3) is 10.8 Å². The smallest absolute Gasteiger partial charge is 0.335 e. The van der Waals surface area contributed by atoms with E-state index >= 15 is 0 Å². The Kier molecular flexibility index (Phi) is 6.08. The molecule has 1 aliphatic heterocycles. The van der Waals surface area contributed by atoms with Crippen LogP contribution in [0.2, 0.25) is 0 Å². The Morgan fingerprint density at radius 2 is 1.76 bits per heavy atom. The molecule has 0 saturated carbocycles. The minimum absolute atomic E-state index is 0.0101. The van der Waals surface area contributed by atoms with Gasteiger partial charge < -0.3 is 15.2 Å². The molecule has 0 saturated heterocycles. The van der Waals surface area contributed by atoms with Gasteiger partial charge >= 0.3 is 5.97 Å². The third-order valence-corrected chi connectivity index (χ3v) is 6.92. The van der Waals surface area contributed by atoms with E-state index in [-0.39, 0.29) is 18.1 Å². The number of aromatic carboxylic acids is 1. The van der Waals surface area contributed by atoms with E-state index in [1.54, 1.807) is 12.1 Å². The molecule has 0 aromatic heterocycles. The number of carbonyl (C=O) groups is 1. The lowest BCUT2D eigenvalue weighted by atomic mass is 9.82. The zero-order chi connectivity index (χ0) is 23.7. The summed E-state index contributed by atoms with van der Waals surface area (Å²) in [5.74, 6) is 0.170. The molecule has 1 heterocycles. The van der Waals surface area contributed by atoms with Crippen LogP contribution < -0.4 is 10.1 Å². The second kappa shape index (κ2) is 9.32. The van der Waals surface area contributed by atoms with Crippen molar-refractivity contribution in [2.75, 3.05) is 6.54 Å². The van der Waals surface area contributed by atoms with Crippen molar-refractivity contribution in [3.8, 4) is 5.75 Å². The van der Waals surface area contributed by atoms with E-state index in [1.807, 2.05) is 31.2 Å². The summed E-state index contributed by atoms with van der Waals surface area (Å²) in [4.78, 5) is 11.4. The first-order chi connectivity index (χ1) is 16.5. The summed E-state index contributed by atoms with van der Waals surface area (Å²) < 4.78 is 6.40. The molecule has 0 amide bonds. The Hall–Kier alpha value is -3.63. The van der Waals surface area contributed by atoms with Crippen molar-refractivity contribution < 1.29 is 14.6 Å². The van der Waals surface area contributed by atoms with Gasteiger partial charge in [-0.2, -0.15) is 0 Å². The Bertz CT molecular complexity index is 1340. The van der Waals surface area contributed by atoms with Gasteiger partial charge in [0.05, 0.1) is 5.56 Å². The maximum absolute atomic E-state index is 11.4. The Labute approximate surface area is 200 Å². The SMILES string of the molecule is Cc1cc(C(=O)O)ccc1C1CC(CNC(C)c2cccc3ccccc23)Oc2ccccc21. The molecule has 4 aromatic carbocycles. The molecular weight excluding hydrogens is 422 g/mol. The Morgan fingerprint density at radius 3 is 2.59 bits per heavy atom. The van der Waals surface area contributed by atoms with Crippen LogP contribution in [0.4, 0.5) is 0 Å². The van der Waals surface area contributed by atoms with Crippen LogP contribution in [0.5, 0.6) is 5.75 Å². The number of hydrogen-bond donors (Lipinski definition) is 2. The number of benzene rings is 4. The summed E-state index contributed by atoms with van der Waals surface area (Å²) in [6.07, 6.45) is 0.843. The fourth-order valence-electron chi connectivity index (χ4n) is 5.16. The first-order valence-electron chi connectivity index (χ1n) is 11.8. The van der Waals surface area contributed by atoms with Crippen LogP contribution >= 0.6 is 0 Å². The molecule has 34 heavy (non-hydrogen) atoms. The molecule has 3 unspecified atom stereocenters. The van der Waals surface area contributed by atoms with E-state index < -0.39 is 5.97 Å². The quantitative estimate of drug-likeness (QED) is 0.352. The topological polar surface area (TPSA) is 58.6 Å². The van der Waals surface area contributed by atoms with E-state index in [9.17, 15) is 9.90 Å². The van der Waals surface area contributed by atoms with E-state index in [2.05, 4.69) is 60.8 Å². The van der Waals surface area contributed by atoms with Gasteiger partial charge in [-0.1, -0.05) is 66.7 Å². The van der Waals surface area contributed by atoms with Gasteiger partial charge in [-0.05, 0) is 65.9 Å². The molecule has 4 aromatic rings. The molecule has 3 atom stereocenters. The van der Waals surface area contributed by atoms with E-state index in [0.29, 0.717) is 5.56 Å². The van der Waals surface area contributed by atoms with Gasteiger partial charge in [0.2, 0.25) is 0 Å². The van der Waals surface area contributed by atoms with Crippen LogP contribution in [0, 0.1) is 6.92 Å². The lowest BCUT2D eigenvalue weighted by Gasteiger charge is -2.34. The highest BCUT2D eigenvalue weighted by atomic mass is 16.5. The summed E-state index contributed by atoms with van der Waals surface area (Å²) in [5, 5.41) is 15.6. The van der Waals surface area contributed by atoms with E-state index in [0.717, 1.165) is 35.4 Å². The van der Waals surface area contributed by atoms with Crippen molar-refractivity contribution in [3.05, 3.63) is 113 Å². The predicted octanol–water partition coefficient (Wildman–Crippen LogP) is 6.48. The second-order valence-corrected chi connectivity index (χ2v) is 9.14. The van der Waals surface area contributed by atoms with Crippen LogP contribution in [0.1, 0.15) is 57.9 Å². The summed E-state index contributed by atoms with van der Waals surface area (Å²) >= 11 is 0. The third-order valence-electron chi connectivity index (χ3n) is 6.92. The first kappa shape index (κ1) is 22.2. The molecule has 0 fully saturated rings. The molecular formula is C30H29NO3. The van der Waals surface area contributed by atoms with Gasteiger partial charge in [0, 0.05) is 24.1 Å². The largest absolute Gasteiger partial charge is 0.489 e. The van der Waals surface area contributed by atoms with E-state index in [4.69, 9.17) is 4.74 Å². The van der Waals surface area contributed by atoms with Crippen molar-refractivity contribution in [2.45, 2.75) is 38.3 Å². The Balaban J connectivity index is 1.38. The number of fused-ring (bicyclic) bond motifs is 2. The van der Waals surface area contributed by atoms with Gasteiger partial charge in [-0.25, -0.2) is 4.79 Å². The number of carboxylic acids is 1. The summed E-state index contributed by atoms with van der Waals surface area (Å²) in [6, 6.07) is 28.8. The van der Waals surface area contributed by atoms with Crippen molar-refractivity contribution in [1.82, 2.24) is 5.32 Å². The predicted molar refractivity (Wildman–Crippen MR) is 136 cm³/mol. The molecule has 172 valence electrons. The second-order valence-electron chi connectivity index (χ2n) is 9.14. The molecule has 4 nitrogen and oxygen atoms in total. The van der Waals surface area contributed by atoms with Gasteiger partial charge in [-0.3, -0.25) is 0 Å². The minimum atomic E-state index is -0.897. The third kappa shape index (κ3) is 4.29.